The Kier molecular flexibility index (Phi) is 5.14. The van der Waals surface area contributed by atoms with Crippen LogP contribution in [0.15, 0.2) is 12.7 Å². The van der Waals surface area contributed by atoms with E-state index in [1.165, 1.54) is 38.6 Å². The quantitative estimate of drug-likeness (QED) is 0.448. The topological polar surface area (TPSA) is 12.0 Å². The van der Waals surface area contributed by atoms with E-state index in [1.807, 2.05) is 6.08 Å². The van der Waals surface area contributed by atoms with Crippen LogP contribution in [0.25, 0.3) is 0 Å². The highest BCUT2D eigenvalue weighted by atomic mass is 14.9. The lowest BCUT2D eigenvalue weighted by Crippen LogP contribution is -2.26. The van der Waals surface area contributed by atoms with Gasteiger partial charge < -0.3 is 5.32 Å². The molecular weight excluding hydrogens is 158 g/mol. The Hall–Kier alpha value is -0.300. The molecule has 0 aromatic heterocycles. The normalized spacial score (nSPS) is 18.5. The predicted molar refractivity (Wildman–Crippen MR) is 58.9 cm³/mol. The summed E-state index contributed by atoms with van der Waals surface area (Å²) in [5, 5.41) is 3.55. The number of rotatable bonds is 8. The van der Waals surface area contributed by atoms with Crippen molar-refractivity contribution in [3.8, 4) is 0 Å². The molecule has 1 fully saturated rings. The third-order valence-corrected chi connectivity index (χ3v) is 2.78. The molecule has 0 amide bonds. The Labute approximate surface area is 82.6 Å². The van der Waals surface area contributed by atoms with E-state index >= 15 is 0 Å². The van der Waals surface area contributed by atoms with Crippen molar-refractivity contribution in [2.75, 3.05) is 6.54 Å². The van der Waals surface area contributed by atoms with E-state index in [1.54, 1.807) is 0 Å². The largest absolute Gasteiger partial charge is 0.314 e. The van der Waals surface area contributed by atoms with Crippen LogP contribution in [0.2, 0.25) is 0 Å². The zero-order valence-electron chi connectivity index (χ0n) is 8.89. The van der Waals surface area contributed by atoms with E-state index in [4.69, 9.17) is 0 Å². The van der Waals surface area contributed by atoms with Gasteiger partial charge in [-0.3, -0.25) is 0 Å². The fraction of sp³-hybridized carbons (Fsp3) is 0.833. The van der Waals surface area contributed by atoms with Crippen molar-refractivity contribution in [3.05, 3.63) is 12.7 Å². The molecule has 0 radical (unpaired) electrons. The van der Waals surface area contributed by atoms with E-state index < -0.39 is 0 Å². The van der Waals surface area contributed by atoms with Crippen LogP contribution in [-0.4, -0.2) is 12.6 Å². The van der Waals surface area contributed by atoms with Gasteiger partial charge in [-0.1, -0.05) is 18.9 Å². The van der Waals surface area contributed by atoms with E-state index in [9.17, 15) is 0 Å². The van der Waals surface area contributed by atoms with Crippen LogP contribution < -0.4 is 5.32 Å². The second-order valence-electron chi connectivity index (χ2n) is 4.31. The summed E-state index contributed by atoms with van der Waals surface area (Å²) in [5.41, 5.74) is 0. The predicted octanol–water partition coefficient (Wildman–Crippen LogP) is 3.12. The minimum atomic E-state index is 0.664. The third-order valence-electron chi connectivity index (χ3n) is 2.78. The molecule has 1 atom stereocenters. The van der Waals surface area contributed by atoms with E-state index in [2.05, 4.69) is 18.8 Å². The molecule has 13 heavy (non-hydrogen) atoms. The summed E-state index contributed by atoms with van der Waals surface area (Å²) >= 11 is 0. The first kappa shape index (κ1) is 10.8. The summed E-state index contributed by atoms with van der Waals surface area (Å²) in [6.45, 7) is 7.20. The van der Waals surface area contributed by atoms with E-state index in [0.717, 1.165) is 12.3 Å². The van der Waals surface area contributed by atoms with Gasteiger partial charge in [-0.05, 0) is 45.1 Å². The Bertz CT molecular complexity index is 138. The zero-order chi connectivity index (χ0) is 9.52. The SMILES string of the molecule is C=CCCC(C)NCCCC1CC1. The molecule has 1 heteroatoms. The van der Waals surface area contributed by atoms with Gasteiger partial charge >= 0.3 is 0 Å². The lowest BCUT2D eigenvalue weighted by Gasteiger charge is -2.12. The molecule has 0 aromatic carbocycles. The second-order valence-corrected chi connectivity index (χ2v) is 4.31. The van der Waals surface area contributed by atoms with Gasteiger partial charge in [0.1, 0.15) is 0 Å². The molecule has 76 valence electrons. The molecule has 1 N–H and O–H groups in total. The lowest BCUT2D eigenvalue weighted by atomic mass is 10.1. The number of hydrogen-bond acceptors (Lipinski definition) is 1. The lowest BCUT2D eigenvalue weighted by molar-refractivity contribution is 0.496. The third kappa shape index (κ3) is 5.87. The second kappa shape index (κ2) is 6.20. The monoisotopic (exact) mass is 181 g/mol. The van der Waals surface area contributed by atoms with Crippen LogP contribution >= 0.6 is 0 Å². The first-order valence-electron chi connectivity index (χ1n) is 5.67. The van der Waals surface area contributed by atoms with Gasteiger partial charge in [-0.25, -0.2) is 0 Å². The minimum absolute atomic E-state index is 0.664. The standard InChI is InChI=1S/C12H23N/c1-3-4-6-11(2)13-10-5-7-12-8-9-12/h3,11-13H,1,4-10H2,2H3. The van der Waals surface area contributed by atoms with Crippen LogP contribution in [0.5, 0.6) is 0 Å². The van der Waals surface area contributed by atoms with Crippen molar-refractivity contribution in [1.82, 2.24) is 5.32 Å². The van der Waals surface area contributed by atoms with Crippen LogP contribution in [-0.2, 0) is 0 Å². The highest BCUT2D eigenvalue weighted by molar-refractivity contribution is 4.74. The van der Waals surface area contributed by atoms with E-state index in [-0.39, 0.29) is 0 Å². The number of allylic oxidation sites excluding steroid dienone is 1. The average molecular weight is 181 g/mol. The molecule has 1 nitrogen and oxygen atoms in total. The fourth-order valence-corrected chi connectivity index (χ4v) is 1.62. The zero-order valence-corrected chi connectivity index (χ0v) is 8.89. The van der Waals surface area contributed by atoms with Crippen LogP contribution in [0.4, 0.5) is 0 Å². The molecule has 0 aromatic rings. The molecule has 0 aliphatic heterocycles. The Balaban J connectivity index is 1.82. The molecule has 0 bridgehead atoms. The molecule has 0 saturated heterocycles. The fourth-order valence-electron chi connectivity index (χ4n) is 1.62. The first-order valence-corrected chi connectivity index (χ1v) is 5.67. The van der Waals surface area contributed by atoms with Gasteiger partial charge in [0, 0.05) is 6.04 Å². The molecule has 0 spiro atoms. The Morgan fingerprint density at radius 3 is 2.92 bits per heavy atom. The van der Waals surface area contributed by atoms with Gasteiger partial charge in [0.05, 0.1) is 0 Å². The molecule has 1 saturated carbocycles. The van der Waals surface area contributed by atoms with Crippen molar-refractivity contribution in [2.45, 2.75) is 51.5 Å². The smallest absolute Gasteiger partial charge is 0.00416 e. The molecule has 1 unspecified atom stereocenters. The Morgan fingerprint density at radius 2 is 2.31 bits per heavy atom. The maximum atomic E-state index is 3.73. The number of nitrogens with one attached hydrogen (secondary N) is 1. The summed E-state index contributed by atoms with van der Waals surface area (Å²) in [6.07, 6.45) is 10.2. The van der Waals surface area contributed by atoms with Gasteiger partial charge in [0.2, 0.25) is 0 Å². The van der Waals surface area contributed by atoms with Gasteiger partial charge in [0.15, 0.2) is 0 Å². The maximum Gasteiger partial charge on any atom is 0.00416 e. The molecule has 1 aliphatic carbocycles. The van der Waals surface area contributed by atoms with Crippen molar-refractivity contribution >= 4 is 0 Å². The van der Waals surface area contributed by atoms with Gasteiger partial charge in [0.25, 0.3) is 0 Å². The summed E-state index contributed by atoms with van der Waals surface area (Å²) in [6, 6.07) is 0.664. The van der Waals surface area contributed by atoms with Crippen molar-refractivity contribution in [2.24, 2.45) is 5.92 Å². The summed E-state index contributed by atoms with van der Waals surface area (Å²) < 4.78 is 0. The highest BCUT2D eigenvalue weighted by Gasteiger charge is 2.19. The van der Waals surface area contributed by atoms with Gasteiger partial charge in [-0.2, -0.15) is 0 Å². The van der Waals surface area contributed by atoms with Crippen molar-refractivity contribution < 1.29 is 0 Å². The van der Waals surface area contributed by atoms with Crippen molar-refractivity contribution in [1.29, 1.82) is 0 Å². The summed E-state index contributed by atoms with van der Waals surface area (Å²) in [5.74, 6) is 1.09. The average Bonchev–Trinajstić information content (AvgIpc) is 2.92. The van der Waals surface area contributed by atoms with Crippen molar-refractivity contribution in [3.63, 3.8) is 0 Å². The summed E-state index contributed by atoms with van der Waals surface area (Å²) in [7, 11) is 0. The first-order chi connectivity index (χ1) is 6.33. The maximum absolute atomic E-state index is 3.73. The molecule has 0 heterocycles. The summed E-state index contributed by atoms with van der Waals surface area (Å²) in [4.78, 5) is 0. The number of hydrogen-bond donors (Lipinski definition) is 1. The molecule has 1 rings (SSSR count). The van der Waals surface area contributed by atoms with E-state index in [0.29, 0.717) is 6.04 Å². The minimum Gasteiger partial charge on any atom is -0.314 e. The van der Waals surface area contributed by atoms with Gasteiger partial charge in [-0.15, -0.1) is 6.58 Å². The van der Waals surface area contributed by atoms with Crippen LogP contribution in [0, 0.1) is 5.92 Å². The Morgan fingerprint density at radius 1 is 1.54 bits per heavy atom. The van der Waals surface area contributed by atoms with Crippen LogP contribution in [0.3, 0.4) is 0 Å². The highest BCUT2D eigenvalue weighted by Crippen LogP contribution is 2.33. The molecular formula is C12H23N. The molecule has 1 aliphatic rings. The van der Waals surface area contributed by atoms with Crippen LogP contribution in [0.1, 0.15) is 45.4 Å².